The van der Waals surface area contributed by atoms with E-state index in [1.165, 1.54) is 18.3 Å². The zero-order valence-corrected chi connectivity index (χ0v) is 29.4. The van der Waals surface area contributed by atoms with Crippen molar-refractivity contribution >= 4 is 40.5 Å². The Kier molecular flexibility index (Phi) is 19.8. The largest absolute Gasteiger partial charge is 0.480 e. The van der Waals surface area contributed by atoms with Crippen LogP contribution in [0.4, 0.5) is 11.6 Å². The van der Waals surface area contributed by atoms with Crippen molar-refractivity contribution in [3.63, 3.8) is 0 Å². The summed E-state index contributed by atoms with van der Waals surface area (Å²) in [4.78, 5) is 63.6. The van der Waals surface area contributed by atoms with E-state index in [4.69, 9.17) is 34.2 Å². The molecule has 0 fully saturated rings. The highest BCUT2D eigenvalue weighted by Gasteiger charge is 2.21. The van der Waals surface area contributed by atoms with Crippen molar-refractivity contribution in [2.45, 2.75) is 45.2 Å². The minimum Gasteiger partial charge on any atom is -0.480 e. The van der Waals surface area contributed by atoms with Gasteiger partial charge in [0.05, 0.1) is 84.5 Å². The molecule has 18 heteroatoms. The van der Waals surface area contributed by atoms with Gasteiger partial charge in [0.1, 0.15) is 11.8 Å². The number of benzene rings is 1. The standard InChI is InChI=1S/C34H49N7O11/c1-2-47-12-13-49-16-17-51-20-21-52-19-18-50-15-14-48-11-3-4-27(42)9-10-28(33(45)46)39-31(43)24-5-7-25(8-6-24)36-22-26-23-37-30-29(38-26)32(44)41-34(35)40-30/h5-8,23,28,36H,2-4,9-22H2,1H3,(H,39,43)(H,45,46)(H3,35,37,40,41,44)/t28-/m0/s1. The molecule has 0 bridgehead atoms. The van der Waals surface area contributed by atoms with Crippen molar-refractivity contribution in [1.29, 1.82) is 0 Å². The third kappa shape index (κ3) is 16.6. The molecule has 1 amide bonds. The average Bonchev–Trinajstić information content (AvgIpc) is 3.13. The van der Waals surface area contributed by atoms with Gasteiger partial charge >= 0.3 is 5.97 Å². The topological polar surface area (TPSA) is 248 Å². The smallest absolute Gasteiger partial charge is 0.326 e. The van der Waals surface area contributed by atoms with E-state index in [1.807, 2.05) is 6.92 Å². The number of hydrogen-bond acceptors (Lipinski definition) is 15. The van der Waals surface area contributed by atoms with Crippen LogP contribution in [0.5, 0.6) is 0 Å². The molecular weight excluding hydrogens is 682 g/mol. The minimum atomic E-state index is -1.23. The number of carboxylic acid groups (broad SMARTS) is 1. The highest BCUT2D eigenvalue weighted by Crippen LogP contribution is 2.13. The number of carbonyl (C=O) groups is 3. The van der Waals surface area contributed by atoms with Gasteiger partial charge in [0.2, 0.25) is 5.95 Å². The van der Waals surface area contributed by atoms with Crippen LogP contribution < -0.4 is 21.9 Å². The molecule has 18 nitrogen and oxygen atoms in total. The third-order valence-corrected chi connectivity index (χ3v) is 7.23. The summed E-state index contributed by atoms with van der Waals surface area (Å²) in [5, 5.41) is 15.2. The summed E-state index contributed by atoms with van der Waals surface area (Å²) < 4.78 is 32.3. The number of hydrogen-bond donors (Lipinski definition) is 5. The molecule has 286 valence electrons. The number of nitrogens with two attached hydrogens (primary N) is 1. The fourth-order valence-corrected chi connectivity index (χ4v) is 4.53. The van der Waals surface area contributed by atoms with Crippen LogP contribution in [-0.4, -0.2) is 128 Å². The van der Waals surface area contributed by atoms with Crippen LogP contribution >= 0.6 is 0 Å². The number of rotatable bonds is 29. The van der Waals surface area contributed by atoms with Gasteiger partial charge in [-0.1, -0.05) is 0 Å². The number of nitrogens with zero attached hydrogens (tertiary/aromatic N) is 3. The van der Waals surface area contributed by atoms with Gasteiger partial charge in [-0.2, -0.15) is 4.98 Å². The molecule has 2 aromatic heterocycles. The molecular formula is C34H49N7O11. The van der Waals surface area contributed by atoms with Crippen LogP contribution in [0.3, 0.4) is 0 Å². The maximum Gasteiger partial charge on any atom is 0.326 e. The molecule has 52 heavy (non-hydrogen) atoms. The Morgan fingerprint density at radius 2 is 1.40 bits per heavy atom. The Hall–Kier alpha value is -4.59. The second-order valence-corrected chi connectivity index (χ2v) is 11.2. The van der Waals surface area contributed by atoms with Crippen LogP contribution in [0.15, 0.2) is 35.3 Å². The van der Waals surface area contributed by atoms with Crippen molar-refractivity contribution < 1.29 is 47.9 Å². The molecule has 0 saturated heterocycles. The number of anilines is 2. The first-order valence-electron chi connectivity index (χ1n) is 17.1. The first-order valence-corrected chi connectivity index (χ1v) is 17.1. The number of aromatic amines is 1. The van der Waals surface area contributed by atoms with E-state index in [0.717, 1.165) is 0 Å². The zero-order valence-electron chi connectivity index (χ0n) is 29.4. The third-order valence-electron chi connectivity index (χ3n) is 7.23. The van der Waals surface area contributed by atoms with Crippen LogP contribution in [0.1, 0.15) is 48.7 Å². The number of carbonyl (C=O) groups excluding carboxylic acids is 2. The summed E-state index contributed by atoms with van der Waals surface area (Å²) in [6.45, 7) is 7.95. The molecule has 1 atom stereocenters. The molecule has 0 aliphatic rings. The van der Waals surface area contributed by atoms with Crippen molar-refractivity contribution in [3.05, 3.63) is 52.1 Å². The molecule has 3 aromatic rings. The van der Waals surface area contributed by atoms with Crippen molar-refractivity contribution in [2.75, 3.05) is 90.3 Å². The number of ether oxygens (including phenoxy) is 6. The summed E-state index contributed by atoms with van der Waals surface area (Å²) >= 11 is 0. The molecule has 0 unspecified atom stereocenters. The van der Waals surface area contributed by atoms with E-state index in [1.54, 1.807) is 12.1 Å². The van der Waals surface area contributed by atoms with E-state index in [2.05, 4.69) is 30.6 Å². The molecule has 6 N–H and O–H groups in total. The lowest BCUT2D eigenvalue weighted by Crippen LogP contribution is -2.41. The summed E-state index contributed by atoms with van der Waals surface area (Å²) in [6.07, 6.45) is 2.15. The SMILES string of the molecule is CCOCCOCCOCCOCCOCCOCCCC(=O)CC[C@H](NC(=O)c1ccc(NCc2cnc3nc(N)[nH]c(=O)c3n2)cc1)C(=O)O. The fourth-order valence-electron chi connectivity index (χ4n) is 4.53. The molecule has 0 aliphatic heterocycles. The monoisotopic (exact) mass is 731 g/mol. The molecule has 3 rings (SSSR count). The number of ketones is 1. The summed E-state index contributed by atoms with van der Waals surface area (Å²) in [5.41, 5.74) is 6.60. The second kappa shape index (κ2) is 24.6. The van der Waals surface area contributed by atoms with Crippen LogP contribution in [-0.2, 0) is 44.6 Å². The van der Waals surface area contributed by atoms with Gasteiger partial charge in [-0.05, 0) is 44.0 Å². The lowest BCUT2D eigenvalue weighted by molar-refractivity contribution is -0.139. The second-order valence-electron chi connectivity index (χ2n) is 11.2. The predicted octanol–water partition coefficient (Wildman–Crippen LogP) is 1.34. The molecule has 0 radical (unpaired) electrons. The fraction of sp³-hybridized carbons (Fsp3) is 0.559. The number of aromatic nitrogens is 4. The molecule has 1 aromatic carbocycles. The highest BCUT2D eigenvalue weighted by atomic mass is 16.6. The number of H-pyrrole nitrogens is 1. The van der Waals surface area contributed by atoms with Gasteiger partial charge in [0.25, 0.3) is 11.5 Å². The van der Waals surface area contributed by atoms with Gasteiger partial charge in [-0.3, -0.25) is 19.4 Å². The Morgan fingerprint density at radius 1 is 0.827 bits per heavy atom. The Labute approximate surface area is 301 Å². The number of fused-ring (bicyclic) bond motifs is 1. The Morgan fingerprint density at radius 3 is 1.98 bits per heavy atom. The Bertz CT molecular complexity index is 1570. The lowest BCUT2D eigenvalue weighted by Gasteiger charge is -2.14. The summed E-state index contributed by atoms with van der Waals surface area (Å²) in [6, 6.07) is 5.13. The number of Topliss-reactive ketones (excluding diaryl/α,β-unsaturated/α-hetero) is 1. The minimum absolute atomic E-state index is 0.00346. The first kappa shape index (κ1) is 41.8. The van der Waals surface area contributed by atoms with E-state index < -0.39 is 23.5 Å². The average molecular weight is 732 g/mol. The first-order chi connectivity index (χ1) is 25.3. The van der Waals surface area contributed by atoms with Gasteiger partial charge in [-0.25, -0.2) is 14.8 Å². The number of aliphatic carboxylic acids is 1. The van der Waals surface area contributed by atoms with Gasteiger partial charge < -0.3 is 49.9 Å². The molecule has 0 spiro atoms. The van der Waals surface area contributed by atoms with Crippen molar-refractivity contribution in [2.24, 2.45) is 0 Å². The zero-order chi connectivity index (χ0) is 37.4. The predicted molar refractivity (Wildman–Crippen MR) is 189 cm³/mol. The Balaban J connectivity index is 1.21. The summed E-state index contributed by atoms with van der Waals surface area (Å²) in [7, 11) is 0. The lowest BCUT2D eigenvalue weighted by atomic mass is 10.1. The number of amides is 1. The van der Waals surface area contributed by atoms with E-state index in [0.29, 0.717) is 97.1 Å². The molecule has 0 aliphatic carbocycles. The highest BCUT2D eigenvalue weighted by molar-refractivity contribution is 5.97. The number of nitrogens with one attached hydrogen (secondary N) is 3. The normalized spacial score (nSPS) is 11.8. The van der Waals surface area contributed by atoms with Crippen LogP contribution in [0, 0.1) is 0 Å². The van der Waals surface area contributed by atoms with Gasteiger partial charge in [-0.15, -0.1) is 0 Å². The number of nitrogen functional groups attached to an aromatic ring is 1. The molecule has 0 saturated carbocycles. The van der Waals surface area contributed by atoms with Crippen molar-refractivity contribution in [3.8, 4) is 0 Å². The van der Waals surface area contributed by atoms with Crippen LogP contribution in [0.25, 0.3) is 11.2 Å². The molecule has 2 heterocycles. The van der Waals surface area contributed by atoms with E-state index in [-0.39, 0.29) is 54.3 Å². The van der Waals surface area contributed by atoms with E-state index in [9.17, 15) is 24.3 Å². The summed E-state index contributed by atoms with van der Waals surface area (Å²) in [5.74, 6) is -1.98. The maximum absolute atomic E-state index is 12.7. The van der Waals surface area contributed by atoms with Gasteiger partial charge in [0.15, 0.2) is 11.2 Å². The number of carboxylic acids is 1. The quantitative estimate of drug-likeness (QED) is 0.0632. The van der Waals surface area contributed by atoms with Crippen molar-refractivity contribution in [1.82, 2.24) is 25.3 Å². The maximum atomic E-state index is 12.7. The van der Waals surface area contributed by atoms with E-state index >= 15 is 0 Å². The van der Waals surface area contributed by atoms with Gasteiger partial charge in [0, 0.05) is 37.3 Å². The van der Waals surface area contributed by atoms with Crippen LogP contribution in [0.2, 0.25) is 0 Å².